The van der Waals surface area contributed by atoms with Gasteiger partial charge in [-0.15, -0.1) is 0 Å². The second-order valence-electron chi connectivity index (χ2n) is 10.7. The summed E-state index contributed by atoms with van der Waals surface area (Å²) in [7, 11) is -10.2. The Morgan fingerprint density at radius 3 is 2.36 bits per heavy atom. The van der Waals surface area contributed by atoms with Crippen LogP contribution >= 0.6 is 15.6 Å². The van der Waals surface area contributed by atoms with Crippen LogP contribution in [0.25, 0.3) is 27.0 Å². The number of pyridine rings is 1. The zero-order chi connectivity index (χ0) is 33.4. The molecule has 0 radical (unpaired) electrons. The van der Waals surface area contributed by atoms with E-state index in [9.17, 15) is 33.9 Å². The fraction of sp³-hybridized carbons (Fsp3) is 0.435. The van der Waals surface area contributed by atoms with Gasteiger partial charge in [-0.2, -0.15) is 4.98 Å². The van der Waals surface area contributed by atoms with Crippen molar-refractivity contribution in [1.29, 1.82) is 0 Å². The summed E-state index contributed by atoms with van der Waals surface area (Å²) < 4.78 is 61.3. The van der Waals surface area contributed by atoms with Gasteiger partial charge in [0.05, 0.1) is 26.1 Å². The van der Waals surface area contributed by atoms with Gasteiger partial charge in [-0.3, -0.25) is 32.4 Å². The third-order valence-corrected chi connectivity index (χ3v) is 9.75. The summed E-state index contributed by atoms with van der Waals surface area (Å²) in [6.45, 7) is 5.82. The lowest BCUT2D eigenvalue weighted by Gasteiger charge is -2.25. The van der Waals surface area contributed by atoms with Crippen molar-refractivity contribution >= 4 is 55.2 Å². The number of ether oxygens (including phenoxy) is 2. The number of phosphoric acid groups is 2. The maximum Gasteiger partial charge on any atom is 0.472 e. The van der Waals surface area contributed by atoms with Crippen molar-refractivity contribution < 1.29 is 56.7 Å². The Kier molecular flexibility index (Phi) is 7.72. The van der Waals surface area contributed by atoms with E-state index < -0.39 is 83.5 Å². The predicted molar refractivity (Wildman–Crippen MR) is 154 cm³/mol. The van der Waals surface area contributed by atoms with Crippen LogP contribution in [0.4, 0.5) is 17.3 Å². The lowest BCUT2D eigenvalue weighted by atomic mass is 10.1. The number of hydrogen-bond acceptors (Lipinski definition) is 16. The van der Waals surface area contributed by atoms with Gasteiger partial charge in [-0.1, -0.05) is 0 Å². The smallest absolute Gasteiger partial charge is 0.399 e. The van der Waals surface area contributed by atoms with Crippen molar-refractivity contribution in [3.8, 4) is 0 Å². The summed E-state index contributed by atoms with van der Waals surface area (Å²) in [6, 6.07) is 1.47. The highest BCUT2D eigenvalue weighted by Crippen LogP contribution is 2.54. The van der Waals surface area contributed by atoms with Gasteiger partial charge in [-0.05, 0) is 6.07 Å². The number of phosphoric ester groups is 2. The molecule has 47 heavy (non-hydrogen) atoms. The van der Waals surface area contributed by atoms with E-state index in [1.807, 2.05) is 0 Å². The SMILES string of the molecule is [C-]#[N+]c1cn([C@@H]2O[C@@H]3COP(=O)(O)O[C@@H]4[C@H](O)[C@@H](COP(=O)(O)O[C@H]3[C@H]2O)O[C@H]4n2cnc3c(=O)[nH]c(N)nc32)c2nccc(N)c12. The minimum absolute atomic E-state index is 0.0712. The van der Waals surface area contributed by atoms with Gasteiger partial charge in [0.15, 0.2) is 23.6 Å². The van der Waals surface area contributed by atoms with Crippen molar-refractivity contribution in [2.45, 2.75) is 49.1 Å². The number of imidazole rings is 1. The number of nitrogens with two attached hydrogens (primary N) is 2. The number of anilines is 2. The zero-order valence-corrected chi connectivity index (χ0v) is 25.3. The quantitative estimate of drug-likeness (QED) is 0.102. The van der Waals surface area contributed by atoms with E-state index >= 15 is 0 Å². The summed E-state index contributed by atoms with van der Waals surface area (Å²) in [5.41, 5.74) is 11.1. The van der Waals surface area contributed by atoms with E-state index in [2.05, 4.69) is 24.8 Å². The molecule has 4 aromatic rings. The molecule has 0 amide bonds. The summed E-state index contributed by atoms with van der Waals surface area (Å²) in [5.74, 6) is -0.291. The molecule has 4 aromatic heterocycles. The second kappa shape index (κ2) is 11.4. The fourth-order valence-corrected chi connectivity index (χ4v) is 7.60. The Bertz CT molecular complexity index is 2080. The molecule has 2 unspecified atom stereocenters. The van der Waals surface area contributed by atoms with Crippen LogP contribution in [-0.4, -0.2) is 98.9 Å². The number of aromatic nitrogens is 6. The molecule has 7 rings (SSSR count). The van der Waals surface area contributed by atoms with Gasteiger partial charge < -0.3 is 45.5 Å². The standard InChI is InChI=1S/C23H25N9O13P2/c1-26-9-4-31(18-12(9)8(24)2-3-27-18)21-15(34)16-11(43-21)6-41-47(38,39)45-17-14(33)10(5-40-46(36,37)44-16)42-22(17)32-7-28-13-19(32)29-23(25)30-20(13)35/h2-4,7,10-11,14-17,21-22,33-34H,5-6H2,(H2,24,27)(H,36,37)(H,38,39)(H3,25,29,30,35)/t10-,11-,14-,15-,16-,17-,21-,22-/m1/s1. The van der Waals surface area contributed by atoms with Crippen LogP contribution in [0.2, 0.25) is 0 Å². The Hall–Kier alpha value is -3.81. The van der Waals surface area contributed by atoms with Gasteiger partial charge in [0, 0.05) is 23.5 Å². The van der Waals surface area contributed by atoms with Crippen LogP contribution in [0.1, 0.15) is 12.5 Å². The summed E-state index contributed by atoms with van der Waals surface area (Å²) in [5, 5.41) is 22.5. The third-order valence-electron chi connectivity index (χ3n) is 7.78. The number of nitrogen functional groups attached to an aromatic ring is 2. The molecule has 7 heterocycles. The maximum absolute atomic E-state index is 13.3. The predicted octanol–water partition coefficient (Wildman–Crippen LogP) is -0.581. The summed E-state index contributed by atoms with van der Waals surface area (Å²) in [6.07, 6.45) is -9.17. The summed E-state index contributed by atoms with van der Waals surface area (Å²) >= 11 is 0. The molecule has 22 nitrogen and oxygen atoms in total. The Balaban J connectivity index is 1.22. The van der Waals surface area contributed by atoms with Gasteiger partial charge in [0.1, 0.15) is 42.3 Å². The topological polar surface area (TPSA) is 308 Å². The molecule has 9 N–H and O–H groups in total. The maximum atomic E-state index is 13.3. The van der Waals surface area contributed by atoms with Gasteiger partial charge in [0.2, 0.25) is 11.6 Å². The third kappa shape index (κ3) is 5.51. The fourth-order valence-electron chi connectivity index (χ4n) is 5.70. The van der Waals surface area contributed by atoms with Crippen LogP contribution < -0.4 is 17.0 Å². The molecule has 0 aliphatic carbocycles. The number of rotatable bonds is 2. The van der Waals surface area contributed by atoms with Crippen molar-refractivity contribution in [3.05, 3.63) is 46.6 Å². The van der Waals surface area contributed by atoms with E-state index in [1.54, 1.807) is 0 Å². The number of hydrogen-bond donors (Lipinski definition) is 7. The lowest BCUT2D eigenvalue weighted by Crippen LogP contribution is -2.36. The monoisotopic (exact) mass is 697 g/mol. The van der Waals surface area contributed by atoms with Crippen LogP contribution in [0, 0.1) is 6.57 Å². The molecule has 3 aliphatic heterocycles. The average molecular weight is 697 g/mol. The highest BCUT2D eigenvalue weighted by atomic mass is 31.2. The summed E-state index contributed by atoms with van der Waals surface area (Å²) in [4.78, 5) is 51.6. The lowest BCUT2D eigenvalue weighted by molar-refractivity contribution is -0.0671. The number of aliphatic hydroxyl groups excluding tert-OH is 2. The number of H-pyrrole nitrogens is 1. The van der Waals surface area contributed by atoms with Crippen molar-refractivity contribution in [1.82, 2.24) is 29.1 Å². The van der Waals surface area contributed by atoms with Gasteiger partial charge >= 0.3 is 15.6 Å². The molecule has 10 atom stereocenters. The van der Waals surface area contributed by atoms with Crippen LogP contribution in [0.5, 0.6) is 0 Å². The molecule has 0 saturated carbocycles. The van der Waals surface area contributed by atoms with Crippen LogP contribution in [-0.2, 0) is 36.7 Å². The van der Waals surface area contributed by atoms with Crippen molar-refractivity contribution in [2.75, 3.05) is 24.7 Å². The first kappa shape index (κ1) is 31.8. The van der Waals surface area contributed by atoms with Gasteiger partial charge in [-0.25, -0.2) is 23.9 Å². The van der Waals surface area contributed by atoms with E-state index in [1.165, 1.54) is 23.0 Å². The normalized spacial score (nSPS) is 36.4. The van der Waals surface area contributed by atoms with E-state index in [4.69, 9.17) is 45.6 Å². The highest BCUT2D eigenvalue weighted by molar-refractivity contribution is 7.47. The average Bonchev–Trinajstić information content (AvgIpc) is 3.75. The first-order valence-corrected chi connectivity index (χ1v) is 16.6. The minimum atomic E-state index is -5.15. The molecule has 24 heteroatoms. The number of aliphatic hydroxyl groups is 2. The Morgan fingerprint density at radius 2 is 1.64 bits per heavy atom. The molecule has 0 spiro atoms. The zero-order valence-electron chi connectivity index (χ0n) is 23.5. The number of fused-ring (bicyclic) bond motifs is 5. The molecule has 3 aliphatic rings. The first-order valence-electron chi connectivity index (χ1n) is 13.6. The first-order chi connectivity index (χ1) is 22.3. The molecule has 0 aromatic carbocycles. The van der Waals surface area contributed by atoms with Crippen LogP contribution in [0.15, 0.2) is 29.6 Å². The highest BCUT2D eigenvalue weighted by Gasteiger charge is 2.54. The minimum Gasteiger partial charge on any atom is -0.399 e. The number of nitrogens with one attached hydrogen (secondary N) is 1. The molecular formula is C23H25N9O13P2. The number of nitrogens with zero attached hydrogens (tertiary/aromatic N) is 6. The molecule has 250 valence electrons. The van der Waals surface area contributed by atoms with E-state index in [0.29, 0.717) is 0 Å². The van der Waals surface area contributed by atoms with Crippen LogP contribution in [0.3, 0.4) is 0 Å². The Morgan fingerprint density at radius 1 is 0.957 bits per heavy atom. The molecular weight excluding hydrogens is 672 g/mol. The molecule has 3 saturated heterocycles. The van der Waals surface area contributed by atoms with E-state index in [0.717, 1.165) is 10.9 Å². The largest absolute Gasteiger partial charge is 0.472 e. The molecule has 2 bridgehead atoms. The van der Waals surface area contributed by atoms with Crippen molar-refractivity contribution in [2.24, 2.45) is 0 Å². The second-order valence-corrected chi connectivity index (χ2v) is 13.5. The van der Waals surface area contributed by atoms with Gasteiger partial charge in [0.25, 0.3) is 5.56 Å². The van der Waals surface area contributed by atoms with E-state index in [-0.39, 0.29) is 39.5 Å². The Labute approximate surface area is 261 Å². The van der Waals surface area contributed by atoms with Crippen molar-refractivity contribution in [3.63, 3.8) is 0 Å². The molecule has 3 fully saturated rings. The number of aromatic amines is 1.